The molecule has 3 aromatic rings. The average Bonchev–Trinajstić information content (AvgIpc) is 2.38. The van der Waals surface area contributed by atoms with Crippen molar-refractivity contribution >= 4 is 34.7 Å². The summed E-state index contributed by atoms with van der Waals surface area (Å²) in [6.45, 7) is 0. The topological polar surface area (TPSA) is 25.8 Å². The van der Waals surface area contributed by atoms with Gasteiger partial charge in [0.1, 0.15) is 0 Å². The molecule has 0 aliphatic rings. The Morgan fingerprint density at radius 2 is 0.875 bits per heavy atom. The molecule has 3 rings (SSSR count). The predicted octanol–water partition coefficient (Wildman–Crippen LogP) is 3.33. The largest absolute Gasteiger partial charge is 0.245 e. The van der Waals surface area contributed by atoms with Gasteiger partial charge in [-0.15, -0.1) is 0 Å². The Hall–Kier alpha value is -1.61. The van der Waals surface area contributed by atoms with Crippen LogP contribution in [0.2, 0.25) is 0 Å². The van der Waals surface area contributed by atoms with Crippen LogP contribution in [0.15, 0.2) is 48.5 Å². The first-order valence-electron chi connectivity index (χ1n) is 5.00. The summed E-state index contributed by atoms with van der Waals surface area (Å²) in [7, 11) is 0. The highest BCUT2D eigenvalue weighted by atomic mass is 32.1. The summed E-state index contributed by atoms with van der Waals surface area (Å²) in [6, 6.07) is 15.8. The van der Waals surface area contributed by atoms with Crippen molar-refractivity contribution in [3.05, 3.63) is 48.5 Å². The standard InChI is InChI=1S/C12H8N2.CH4S/c1-2-6-10-9(5-1)13-11-7-3-4-8-12(11)14-10;1-2/h1-8H;2H,1H3. The molecule has 0 aliphatic heterocycles. The van der Waals surface area contributed by atoms with E-state index in [-0.39, 0.29) is 0 Å². The van der Waals surface area contributed by atoms with E-state index in [0.29, 0.717) is 0 Å². The van der Waals surface area contributed by atoms with Gasteiger partial charge in [-0.2, -0.15) is 12.6 Å². The van der Waals surface area contributed by atoms with Crippen molar-refractivity contribution in [3.8, 4) is 0 Å². The van der Waals surface area contributed by atoms with Crippen molar-refractivity contribution in [2.45, 2.75) is 0 Å². The maximum absolute atomic E-state index is 4.52. The first kappa shape index (κ1) is 10.9. The van der Waals surface area contributed by atoms with E-state index in [0.717, 1.165) is 22.1 Å². The molecule has 0 aliphatic carbocycles. The van der Waals surface area contributed by atoms with Crippen LogP contribution < -0.4 is 0 Å². The molecule has 0 amide bonds. The minimum absolute atomic E-state index is 0.950. The van der Waals surface area contributed by atoms with Crippen molar-refractivity contribution in [1.29, 1.82) is 0 Å². The van der Waals surface area contributed by atoms with Gasteiger partial charge < -0.3 is 0 Å². The van der Waals surface area contributed by atoms with E-state index in [1.165, 1.54) is 0 Å². The van der Waals surface area contributed by atoms with Crippen molar-refractivity contribution in [1.82, 2.24) is 9.97 Å². The van der Waals surface area contributed by atoms with Gasteiger partial charge in [-0.05, 0) is 30.5 Å². The molecule has 0 atom stereocenters. The molecule has 0 N–H and O–H groups in total. The first-order chi connectivity index (χ1) is 7.93. The molecule has 80 valence electrons. The van der Waals surface area contributed by atoms with Crippen LogP contribution in [0.5, 0.6) is 0 Å². The Kier molecular flexibility index (Phi) is 3.37. The lowest BCUT2D eigenvalue weighted by Crippen LogP contribution is -1.85. The van der Waals surface area contributed by atoms with Gasteiger partial charge in [0.15, 0.2) is 0 Å². The van der Waals surface area contributed by atoms with Crippen LogP contribution in [-0.2, 0) is 0 Å². The van der Waals surface area contributed by atoms with Crippen LogP contribution in [0, 0.1) is 0 Å². The number of fused-ring (bicyclic) bond motifs is 2. The van der Waals surface area contributed by atoms with Gasteiger partial charge in [0, 0.05) is 0 Å². The van der Waals surface area contributed by atoms with Crippen molar-refractivity contribution in [2.24, 2.45) is 0 Å². The third-order valence-corrected chi connectivity index (χ3v) is 2.25. The van der Waals surface area contributed by atoms with Gasteiger partial charge in [0.2, 0.25) is 0 Å². The van der Waals surface area contributed by atoms with Crippen LogP contribution in [0.4, 0.5) is 0 Å². The van der Waals surface area contributed by atoms with E-state index in [2.05, 4.69) is 22.6 Å². The molecular formula is C13H12N2S. The summed E-state index contributed by atoms with van der Waals surface area (Å²) in [5.74, 6) is 0. The minimum atomic E-state index is 0.950. The van der Waals surface area contributed by atoms with E-state index in [9.17, 15) is 0 Å². The highest BCUT2D eigenvalue weighted by Crippen LogP contribution is 2.14. The Labute approximate surface area is 99.8 Å². The quantitative estimate of drug-likeness (QED) is 0.472. The van der Waals surface area contributed by atoms with Gasteiger partial charge in [0.05, 0.1) is 22.1 Å². The molecule has 2 aromatic carbocycles. The molecule has 0 radical (unpaired) electrons. The van der Waals surface area contributed by atoms with Gasteiger partial charge in [-0.25, -0.2) is 9.97 Å². The number of nitrogens with zero attached hydrogens (tertiary/aromatic N) is 2. The lowest BCUT2D eigenvalue weighted by atomic mass is 10.2. The van der Waals surface area contributed by atoms with Crippen molar-refractivity contribution in [2.75, 3.05) is 6.26 Å². The summed E-state index contributed by atoms with van der Waals surface area (Å²) in [5.41, 5.74) is 3.80. The summed E-state index contributed by atoms with van der Waals surface area (Å²) < 4.78 is 0. The van der Waals surface area contributed by atoms with Crippen LogP contribution in [0.25, 0.3) is 22.1 Å². The van der Waals surface area contributed by atoms with Crippen LogP contribution in [-0.4, -0.2) is 16.2 Å². The Morgan fingerprint density at radius 3 is 1.12 bits per heavy atom. The molecule has 0 spiro atoms. The third-order valence-electron chi connectivity index (χ3n) is 2.25. The minimum Gasteiger partial charge on any atom is -0.245 e. The lowest BCUT2D eigenvalue weighted by molar-refractivity contribution is 1.39. The zero-order valence-corrected chi connectivity index (χ0v) is 9.85. The van der Waals surface area contributed by atoms with E-state index in [1.54, 1.807) is 6.26 Å². The summed E-state index contributed by atoms with van der Waals surface area (Å²) in [6.07, 6.45) is 1.69. The zero-order valence-electron chi connectivity index (χ0n) is 8.96. The number of rotatable bonds is 0. The fraction of sp³-hybridized carbons (Fsp3) is 0.0769. The van der Waals surface area contributed by atoms with Gasteiger partial charge >= 0.3 is 0 Å². The molecule has 0 unspecified atom stereocenters. The molecule has 1 heterocycles. The first-order valence-corrected chi connectivity index (χ1v) is 5.89. The smallest absolute Gasteiger partial charge is 0.0894 e. The summed E-state index contributed by atoms with van der Waals surface area (Å²) in [5, 5.41) is 0. The van der Waals surface area contributed by atoms with E-state index >= 15 is 0 Å². The molecule has 0 saturated carbocycles. The normalized spacial score (nSPS) is 9.88. The second-order valence-electron chi connectivity index (χ2n) is 3.20. The summed E-state index contributed by atoms with van der Waals surface area (Å²) in [4.78, 5) is 9.03. The van der Waals surface area contributed by atoms with Crippen molar-refractivity contribution < 1.29 is 0 Å². The maximum Gasteiger partial charge on any atom is 0.0894 e. The predicted molar refractivity (Wildman–Crippen MR) is 72.0 cm³/mol. The Morgan fingerprint density at radius 1 is 0.625 bits per heavy atom. The number of aromatic nitrogens is 2. The molecule has 0 bridgehead atoms. The second-order valence-corrected chi connectivity index (χ2v) is 3.20. The highest BCUT2D eigenvalue weighted by molar-refractivity contribution is 7.79. The molecular weight excluding hydrogens is 216 g/mol. The van der Waals surface area contributed by atoms with E-state index in [4.69, 9.17) is 0 Å². The average molecular weight is 228 g/mol. The van der Waals surface area contributed by atoms with Gasteiger partial charge in [-0.3, -0.25) is 0 Å². The van der Waals surface area contributed by atoms with Crippen molar-refractivity contribution in [3.63, 3.8) is 0 Å². The van der Waals surface area contributed by atoms with E-state index in [1.807, 2.05) is 48.5 Å². The van der Waals surface area contributed by atoms with E-state index < -0.39 is 0 Å². The number of para-hydroxylation sites is 4. The number of hydrogen-bond donors (Lipinski definition) is 1. The number of benzene rings is 2. The fourth-order valence-electron chi connectivity index (χ4n) is 1.57. The van der Waals surface area contributed by atoms with Crippen LogP contribution in [0.1, 0.15) is 0 Å². The molecule has 1 aromatic heterocycles. The SMILES string of the molecule is CS.c1ccc2nc3ccccc3nc2c1. The van der Waals surface area contributed by atoms with Crippen LogP contribution >= 0.6 is 12.6 Å². The monoisotopic (exact) mass is 228 g/mol. The van der Waals surface area contributed by atoms with Gasteiger partial charge in [0.25, 0.3) is 0 Å². The summed E-state index contributed by atoms with van der Waals surface area (Å²) >= 11 is 3.53. The Bertz CT molecular complexity index is 503. The van der Waals surface area contributed by atoms with Gasteiger partial charge in [-0.1, -0.05) is 24.3 Å². The van der Waals surface area contributed by atoms with Crippen LogP contribution in [0.3, 0.4) is 0 Å². The maximum atomic E-state index is 4.52. The second kappa shape index (κ2) is 4.94. The number of hydrogen-bond acceptors (Lipinski definition) is 3. The molecule has 2 nitrogen and oxygen atoms in total. The molecule has 16 heavy (non-hydrogen) atoms. The highest BCUT2D eigenvalue weighted by Gasteiger charge is 1.98. The third kappa shape index (κ3) is 1.99. The molecule has 0 fully saturated rings. The fourth-order valence-corrected chi connectivity index (χ4v) is 1.57. The zero-order chi connectivity index (χ0) is 11.4. The lowest BCUT2D eigenvalue weighted by Gasteiger charge is -1.98. The Balaban J connectivity index is 0.000000457. The molecule has 0 saturated heterocycles. The number of thiol groups is 1. The molecule has 3 heteroatoms.